The van der Waals surface area contributed by atoms with E-state index in [-0.39, 0.29) is 77.0 Å². The second kappa shape index (κ2) is 21.1. The molecule has 68 heavy (non-hydrogen) atoms. The normalized spacial score (nSPS) is 20.3. The minimum atomic E-state index is -4.03. The van der Waals surface area contributed by atoms with Crippen molar-refractivity contribution in [2.75, 3.05) is 39.3 Å². The highest BCUT2D eigenvalue weighted by atomic mass is 35.5. The van der Waals surface area contributed by atoms with E-state index >= 15 is 0 Å². The largest absolute Gasteiger partial charge is 0.489 e. The van der Waals surface area contributed by atoms with Crippen LogP contribution < -0.4 is 14.2 Å². The smallest absolute Gasteiger partial charge is 0.387 e. The fourth-order valence-electron chi connectivity index (χ4n) is 9.06. The molecular formula is C51H51Cl2F2N3O9S. The number of rotatable bonds is 20. The van der Waals surface area contributed by atoms with Crippen LogP contribution in [0.5, 0.6) is 17.2 Å². The van der Waals surface area contributed by atoms with Crippen molar-refractivity contribution in [1.29, 1.82) is 0 Å². The van der Waals surface area contributed by atoms with E-state index in [1.165, 1.54) is 41.0 Å². The summed E-state index contributed by atoms with van der Waals surface area (Å²) in [5.41, 5.74) is 3.32. The molecule has 0 N–H and O–H groups in total. The number of ether oxygens (including phenoxy) is 5. The molecule has 4 aromatic carbocycles. The Morgan fingerprint density at radius 2 is 1.51 bits per heavy atom. The number of fused-ring (bicyclic) bond motifs is 3. The van der Waals surface area contributed by atoms with E-state index < -0.39 is 34.6 Å². The molecular weight excluding hydrogens is 940 g/mol. The fourth-order valence-corrected chi connectivity index (χ4v) is 11.2. The van der Waals surface area contributed by atoms with E-state index in [1.54, 1.807) is 18.2 Å². The molecule has 0 unspecified atom stereocenters. The van der Waals surface area contributed by atoms with E-state index in [1.807, 2.05) is 54.6 Å². The molecule has 5 aromatic rings. The van der Waals surface area contributed by atoms with Gasteiger partial charge in [0.1, 0.15) is 24.6 Å². The van der Waals surface area contributed by atoms with Crippen molar-refractivity contribution in [2.45, 2.75) is 74.8 Å². The molecule has 10 rings (SSSR count). The van der Waals surface area contributed by atoms with Gasteiger partial charge in [0.2, 0.25) is 10.0 Å². The number of sulfonamides is 1. The van der Waals surface area contributed by atoms with Gasteiger partial charge in [0.05, 0.1) is 33.9 Å². The number of alkyl halides is 2. The first-order chi connectivity index (χ1) is 32.9. The van der Waals surface area contributed by atoms with Crippen LogP contribution in [0.3, 0.4) is 0 Å². The highest BCUT2D eigenvalue weighted by molar-refractivity contribution is 7.89. The first kappa shape index (κ1) is 47.7. The second-order valence-corrected chi connectivity index (χ2v) is 20.7. The first-order valence-electron chi connectivity index (χ1n) is 22.8. The number of esters is 2. The Bertz CT molecular complexity index is 2680. The number of pyridine rings is 1. The Labute approximate surface area is 404 Å². The zero-order chi connectivity index (χ0) is 47.4. The SMILES string of the molecule is O=C(C[C@@H](c1ccccc1)c1cccc(OCc2cccc(S(=O)(=O)N3CC(C(=O)O[C@@H](Cc4c(Cl)cncc4Cl)c4ccc(OC(F)F)c(OCC5CC5)c4)C3)c2)c1)O[C@H]1CN2CCC1CC2. The average Bonchev–Trinajstić information content (AvgIpc) is 4.16. The lowest BCUT2D eigenvalue weighted by Crippen LogP contribution is -2.53. The summed E-state index contributed by atoms with van der Waals surface area (Å²) in [6.45, 7) is -0.0822. The highest BCUT2D eigenvalue weighted by Gasteiger charge is 2.43. The Balaban J connectivity index is 0.844. The molecule has 5 fully saturated rings. The number of carbonyl (C=O) groups is 2. The molecule has 0 spiro atoms. The Morgan fingerprint density at radius 1 is 0.779 bits per heavy atom. The number of carbonyl (C=O) groups excluding carboxylic acids is 2. The lowest BCUT2D eigenvalue weighted by atomic mass is 9.85. The zero-order valence-corrected chi connectivity index (χ0v) is 39.4. The summed E-state index contributed by atoms with van der Waals surface area (Å²) in [6, 6.07) is 28.2. The summed E-state index contributed by atoms with van der Waals surface area (Å²) in [6.07, 6.45) is 5.91. The van der Waals surface area contributed by atoms with Crippen molar-refractivity contribution in [1.82, 2.24) is 14.2 Å². The molecule has 12 nitrogen and oxygen atoms in total. The van der Waals surface area contributed by atoms with E-state index in [9.17, 15) is 26.8 Å². The highest BCUT2D eigenvalue weighted by Crippen LogP contribution is 2.40. The van der Waals surface area contributed by atoms with Crippen LogP contribution in [-0.2, 0) is 42.1 Å². The van der Waals surface area contributed by atoms with Gasteiger partial charge in [-0.15, -0.1) is 0 Å². The lowest BCUT2D eigenvalue weighted by Gasteiger charge is -2.44. The van der Waals surface area contributed by atoms with Crippen LogP contribution in [-0.4, -0.2) is 86.6 Å². The fraction of sp³-hybridized carbons (Fsp3) is 0.392. The summed E-state index contributed by atoms with van der Waals surface area (Å²) in [4.78, 5) is 33.6. The van der Waals surface area contributed by atoms with Gasteiger partial charge in [-0.2, -0.15) is 13.1 Å². The number of benzene rings is 4. The molecule has 358 valence electrons. The maximum absolute atomic E-state index is 13.9. The molecule has 1 aliphatic carbocycles. The first-order valence-corrected chi connectivity index (χ1v) is 25.0. The maximum atomic E-state index is 13.9. The van der Waals surface area contributed by atoms with E-state index in [0.29, 0.717) is 40.9 Å². The molecule has 2 bridgehead atoms. The zero-order valence-electron chi connectivity index (χ0n) is 37.1. The summed E-state index contributed by atoms with van der Waals surface area (Å²) in [7, 11) is -4.03. The standard InChI is InChI=1S/C51H51Cl2F2N3O9S/c52-43-25-56-26-44(53)42(43)23-46(37-14-15-45(67-51(54)55)47(22-37)64-30-32-12-13-32)66-50(60)38-27-58(28-38)68(61,62)40-11-4-6-33(20-40)31-63-39-10-5-9-36(21-39)41(34-7-2-1-3-8-34)24-49(59)65-48-29-57-18-16-35(48)17-19-57/h1-11,14-15,20-22,25-26,32,35,38,41,46,48,51H,12-13,16-19,23-24,27-31H2/t41-,46-,48-/m0/s1. The minimum Gasteiger partial charge on any atom is -0.489 e. The topological polar surface area (TPSA) is 134 Å². The Kier molecular flexibility index (Phi) is 14.8. The van der Waals surface area contributed by atoms with Gasteiger partial charge >= 0.3 is 18.6 Å². The van der Waals surface area contributed by atoms with Crippen LogP contribution in [0.15, 0.2) is 114 Å². The minimum absolute atomic E-state index is 0.00104. The van der Waals surface area contributed by atoms with Gasteiger partial charge in [0.25, 0.3) is 0 Å². The number of piperidine rings is 3. The van der Waals surface area contributed by atoms with Crippen LogP contribution >= 0.6 is 23.2 Å². The number of halogens is 4. The molecule has 4 aliphatic heterocycles. The van der Waals surface area contributed by atoms with Crippen LogP contribution in [0.25, 0.3) is 0 Å². The van der Waals surface area contributed by atoms with E-state index in [4.69, 9.17) is 46.9 Å². The molecule has 1 aromatic heterocycles. The lowest BCUT2D eigenvalue weighted by molar-refractivity contribution is -0.159. The van der Waals surface area contributed by atoms with Crippen LogP contribution in [0.4, 0.5) is 8.78 Å². The van der Waals surface area contributed by atoms with Crippen molar-refractivity contribution in [3.05, 3.63) is 147 Å². The second-order valence-electron chi connectivity index (χ2n) is 17.9. The van der Waals surface area contributed by atoms with Crippen LogP contribution in [0, 0.1) is 17.8 Å². The van der Waals surface area contributed by atoms with Crippen LogP contribution in [0.2, 0.25) is 10.0 Å². The molecule has 1 saturated carbocycles. The van der Waals surface area contributed by atoms with Crippen molar-refractivity contribution in [3.8, 4) is 17.2 Å². The third kappa shape index (κ3) is 11.6. The van der Waals surface area contributed by atoms with E-state index in [2.05, 4.69) is 9.88 Å². The number of hydrogen-bond acceptors (Lipinski definition) is 11. The van der Waals surface area contributed by atoms with Gasteiger partial charge < -0.3 is 23.7 Å². The molecule has 17 heteroatoms. The maximum Gasteiger partial charge on any atom is 0.387 e. The predicted molar refractivity (Wildman–Crippen MR) is 249 cm³/mol. The van der Waals surface area contributed by atoms with Gasteiger partial charge in [-0.25, -0.2) is 8.42 Å². The van der Waals surface area contributed by atoms with Crippen LogP contribution in [0.1, 0.15) is 71.9 Å². The predicted octanol–water partition coefficient (Wildman–Crippen LogP) is 9.66. The summed E-state index contributed by atoms with van der Waals surface area (Å²) >= 11 is 12.9. The van der Waals surface area contributed by atoms with E-state index in [0.717, 1.165) is 56.4 Å². The third-order valence-electron chi connectivity index (χ3n) is 13.2. The van der Waals surface area contributed by atoms with Gasteiger partial charge in [0.15, 0.2) is 11.5 Å². The number of nitrogens with zero attached hydrogens (tertiary/aromatic N) is 3. The summed E-state index contributed by atoms with van der Waals surface area (Å²) in [5.74, 6) is -0.802. The molecule has 3 atom stereocenters. The third-order valence-corrected chi connectivity index (χ3v) is 15.6. The van der Waals surface area contributed by atoms with Gasteiger partial charge in [-0.1, -0.05) is 83.9 Å². The summed E-state index contributed by atoms with van der Waals surface area (Å²) < 4.78 is 84.6. The molecule has 5 aliphatic rings. The van der Waals surface area contributed by atoms with Crippen molar-refractivity contribution in [3.63, 3.8) is 0 Å². The molecule has 4 saturated heterocycles. The van der Waals surface area contributed by atoms with Crippen molar-refractivity contribution < 1.29 is 50.5 Å². The van der Waals surface area contributed by atoms with Crippen molar-refractivity contribution >= 4 is 45.2 Å². The monoisotopic (exact) mass is 989 g/mol. The quantitative estimate of drug-likeness (QED) is 0.0691. The molecule has 5 heterocycles. The van der Waals surface area contributed by atoms with Gasteiger partial charge in [-0.05, 0) is 115 Å². The number of aromatic nitrogens is 1. The van der Waals surface area contributed by atoms with Crippen molar-refractivity contribution in [2.24, 2.45) is 17.8 Å². The summed E-state index contributed by atoms with van der Waals surface area (Å²) in [5, 5.41) is 0.460. The molecule has 0 amide bonds. The Hall–Kier alpha value is -5.32. The van der Waals surface area contributed by atoms with Gasteiger partial charge in [0, 0.05) is 44.4 Å². The number of hydrogen-bond donors (Lipinski definition) is 0. The Morgan fingerprint density at radius 3 is 2.22 bits per heavy atom. The average molecular weight is 991 g/mol. The molecule has 0 radical (unpaired) electrons. The van der Waals surface area contributed by atoms with Gasteiger partial charge in [-0.3, -0.25) is 19.5 Å².